The standard InChI is InChI=1S/C17H19N3O2S/c1-10-9-15(23-11(10)2)16(21)18-12-3-5-13(6-4-12)19-17(22)20-14-7-8-14/h3-6,9,14H,7-8H2,1-2H3,(H,18,21)(H2,19,20,22). The first-order chi connectivity index (χ1) is 11.0. The number of benzene rings is 1. The van der Waals surface area contributed by atoms with Crippen molar-refractivity contribution in [1.29, 1.82) is 0 Å². The van der Waals surface area contributed by atoms with Crippen LogP contribution in [-0.2, 0) is 0 Å². The second-order valence-corrected chi connectivity index (χ2v) is 7.01. The van der Waals surface area contributed by atoms with E-state index in [9.17, 15) is 9.59 Å². The van der Waals surface area contributed by atoms with Crippen LogP contribution >= 0.6 is 11.3 Å². The molecule has 0 saturated heterocycles. The van der Waals surface area contributed by atoms with Crippen molar-refractivity contribution in [3.05, 3.63) is 45.6 Å². The molecular weight excluding hydrogens is 310 g/mol. The van der Waals surface area contributed by atoms with Gasteiger partial charge in [0, 0.05) is 22.3 Å². The average molecular weight is 329 g/mol. The molecule has 120 valence electrons. The smallest absolute Gasteiger partial charge is 0.319 e. The summed E-state index contributed by atoms with van der Waals surface area (Å²) < 4.78 is 0. The zero-order chi connectivity index (χ0) is 16.4. The molecule has 0 radical (unpaired) electrons. The summed E-state index contributed by atoms with van der Waals surface area (Å²) in [5.74, 6) is -0.113. The summed E-state index contributed by atoms with van der Waals surface area (Å²) >= 11 is 1.49. The number of carbonyl (C=O) groups is 2. The SMILES string of the molecule is Cc1cc(C(=O)Nc2ccc(NC(=O)NC3CC3)cc2)sc1C. The molecule has 0 bridgehead atoms. The molecule has 0 unspecified atom stereocenters. The predicted molar refractivity (Wildman–Crippen MR) is 93.4 cm³/mol. The topological polar surface area (TPSA) is 70.2 Å². The van der Waals surface area contributed by atoms with Crippen molar-refractivity contribution in [3.8, 4) is 0 Å². The van der Waals surface area contributed by atoms with Gasteiger partial charge in [-0.15, -0.1) is 11.3 Å². The Morgan fingerprint density at radius 3 is 2.17 bits per heavy atom. The van der Waals surface area contributed by atoms with Crippen molar-refractivity contribution in [2.45, 2.75) is 32.7 Å². The second-order valence-electron chi connectivity index (χ2n) is 5.75. The van der Waals surface area contributed by atoms with E-state index in [1.807, 2.05) is 19.9 Å². The highest BCUT2D eigenvalue weighted by molar-refractivity contribution is 7.14. The average Bonchev–Trinajstić information content (AvgIpc) is 3.25. The first-order valence-corrected chi connectivity index (χ1v) is 8.39. The molecule has 0 atom stereocenters. The highest BCUT2D eigenvalue weighted by Crippen LogP contribution is 2.22. The molecule has 1 aliphatic rings. The van der Waals surface area contributed by atoms with Gasteiger partial charge in [-0.25, -0.2) is 4.79 Å². The molecule has 0 spiro atoms. The van der Waals surface area contributed by atoms with Crippen LogP contribution in [0.1, 0.15) is 33.0 Å². The minimum Gasteiger partial charge on any atom is -0.335 e. The van der Waals surface area contributed by atoms with E-state index in [1.165, 1.54) is 11.3 Å². The van der Waals surface area contributed by atoms with Crippen LogP contribution in [0, 0.1) is 13.8 Å². The van der Waals surface area contributed by atoms with E-state index in [0.29, 0.717) is 22.3 Å². The molecule has 1 heterocycles. The number of nitrogens with one attached hydrogen (secondary N) is 3. The maximum Gasteiger partial charge on any atom is 0.319 e. The van der Waals surface area contributed by atoms with Crippen LogP contribution in [0.4, 0.5) is 16.2 Å². The Labute approximate surface area is 139 Å². The Morgan fingerprint density at radius 2 is 1.65 bits per heavy atom. The van der Waals surface area contributed by atoms with Crippen molar-refractivity contribution >= 4 is 34.6 Å². The number of amides is 3. The number of hydrogen-bond donors (Lipinski definition) is 3. The molecule has 1 fully saturated rings. The number of rotatable bonds is 4. The van der Waals surface area contributed by atoms with E-state index >= 15 is 0 Å². The Morgan fingerprint density at radius 1 is 1.04 bits per heavy atom. The molecule has 1 saturated carbocycles. The van der Waals surface area contributed by atoms with Crippen molar-refractivity contribution in [2.75, 3.05) is 10.6 Å². The summed E-state index contributed by atoms with van der Waals surface area (Å²) in [5.41, 5.74) is 2.53. The molecule has 1 aromatic carbocycles. The van der Waals surface area contributed by atoms with Crippen LogP contribution in [0.5, 0.6) is 0 Å². The van der Waals surface area contributed by atoms with Gasteiger partial charge in [-0.1, -0.05) is 0 Å². The molecule has 6 heteroatoms. The van der Waals surface area contributed by atoms with Gasteiger partial charge in [-0.2, -0.15) is 0 Å². The highest BCUT2D eigenvalue weighted by Gasteiger charge is 2.23. The van der Waals surface area contributed by atoms with E-state index < -0.39 is 0 Å². The van der Waals surface area contributed by atoms with Crippen LogP contribution < -0.4 is 16.0 Å². The number of carbonyl (C=O) groups excluding carboxylic acids is 2. The van der Waals surface area contributed by atoms with Gasteiger partial charge in [-0.3, -0.25) is 4.79 Å². The number of anilines is 2. The Bertz CT molecular complexity index is 713. The Kier molecular flexibility index (Phi) is 4.34. The van der Waals surface area contributed by atoms with Gasteiger partial charge >= 0.3 is 6.03 Å². The molecule has 3 rings (SSSR count). The lowest BCUT2D eigenvalue weighted by molar-refractivity contribution is 0.103. The van der Waals surface area contributed by atoms with Gasteiger partial charge in [-0.05, 0) is 62.6 Å². The lowest BCUT2D eigenvalue weighted by atomic mass is 10.2. The quantitative estimate of drug-likeness (QED) is 0.796. The van der Waals surface area contributed by atoms with Crippen LogP contribution in [-0.4, -0.2) is 18.0 Å². The summed E-state index contributed by atoms with van der Waals surface area (Å²) in [4.78, 5) is 25.7. The van der Waals surface area contributed by atoms with E-state index in [1.54, 1.807) is 24.3 Å². The summed E-state index contributed by atoms with van der Waals surface area (Å²) in [7, 11) is 0. The molecule has 5 nitrogen and oxygen atoms in total. The summed E-state index contributed by atoms with van der Waals surface area (Å²) in [6.45, 7) is 4.00. The number of thiophene rings is 1. The fourth-order valence-electron chi connectivity index (χ4n) is 2.09. The van der Waals surface area contributed by atoms with Crippen LogP contribution in [0.3, 0.4) is 0 Å². The predicted octanol–water partition coefficient (Wildman–Crippen LogP) is 3.90. The van der Waals surface area contributed by atoms with Gasteiger partial charge in [0.2, 0.25) is 0 Å². The van der Waals surface area contributed by atoms with Crippen LogP contribution in [0.25, 0.3) is 0 Å². The molecule has 3 amide bonds. The molecule has 2 aromatic rings. The monoisotopic (exact) mass is 329 g/mol. The summed E-state index contributed by atoms with van der Waals surface area (Å²) in [6, 6.07) is 9.13. The molecule has 23 heavy (non-hydrogen) atoms. The third-order valence-corrected chi connectivity index (χ3v) is 4.85. The number of urea groups is 1. The van der Waals surface area contributed by atoms with Gasteiger partial charge in [0.25, 0.3) is 5.91 Å². The van der Waals surface area contributed by atoms with E-state index in [4.69, 9.17) is 0 Å². The first-order valence-electron chi connectivity index (χ1n) is 7.57. The minimum absolute atomic E-state index is 0.113. The van der Waals surface area contributed by atoms with Crippen molar-refractivity contribution in [2.24, 2.45) is 0 Å². The Hall–Kier alpha value is -2.34. The van der Waals surface area contributed by atoms with Gasteiger partial charge < -0.3 is 16.0 Å². The third-order valence-electron chi connectivity index (χ3n) is 3.70. The fourth-order valence-corrected chi connectivity index (χ4v) is 3.02. The first kappa shape index (κ1) is 15.6. The van der Waals surface area contributed by atoms with Crippen molar-refractivity contribution in [3.63, 3.8) is 0 Å². The second kappa shape index (κ2) is 6.42. The largest absolute Gasteiger partial charge is 0.335 e. The normalized spacial score (nSPS) is 13.5. The highest BCUT2D eigenvalue weighted by atomic mass is 32.1. The lowest BCUT2D eigenvalue weighted by Gasteiger charge is -2.08. The minimum atomic E-state index is -0.186. The van der Waals surface area contributed by atoms with Crippen LogP contribution in [0.2, 0.25) is 0 Å². The fraction of sp³-hybridized carbons (Fsp3) is 0.294. The summed E-state index contributed by atoms with van der Waals surface area (Å²) in [5, 5.41) is 8.50. The maximum atomic E-state index is 12.2. The summed E-state index contributed by atoms with van der Waals surface area (Å²) in [6.07, 6.45) is 2.11. The zero-order valence-corrected chi connectivity index (χ0v) is 13.9. The van der Waals surface area contributed by atoms with Crippen molar-refractivity contribution in [1.82, 2.24) is 5.32 Å². The molecular formula is C17H19N3O2S. The van der Waals surface area contributed by atoms with Crippen molar-refractivity contribution < 1.29 is 9.59 Å². The van der Waals surface area contributed by atoms with Crippen LogP contribution in [0.15, 0.2) is 30.3 Å². The number of hydrogen-bond acceptors (Lipinski definition) is 3. The van der Waals surface area contributed by atoms with Gasteiger partial charge in [0.1, 0.15) is 0 Å². The van der Waals surface area contributed by atoms with Gasteiger partial charge in [0.15, 0.2) is 0 Å². The molecule has 1 aromatic heterocycles. The maximum absolute atomic E-state index is 12.2. The van der Waals surface area contributed by atoms with E-state index in [2.05, 4.69) is 16.0 Å². The third kappa shape index (κ3) is 4.10. The number of aryl methyl sites for hydroxylation is 2. The van der Waals surface area contributed by atoms with E-state index in [-0.39, 0.29) is 11.9 Å². The lowest BCUT2D eigenvalue weighted by Crippen LogP contribution is -2.30. The molecule has 3 N–H and O–H groups in total. The van der Waals surface area contributed by atoms with E-state index in [0.717, 1.165) is 23.3 Å². The zero-order valence-electron chi connectivity index (χ0n) is 13.1. The van der Waals surface area contributed by atoms with Gasteiger partial charge in [0.05, 0.1) is 4.88 Å². The Balaban J connectivity index is 1.58. The molecule has 0 aliphatic heterocycles. The molecule has 1 aliphatic carbocycles.